The molecular weight excluding hydrogens is 430 g/mol. The Morgan fingerprint density at radius 3 is 2.68 bits per heavy atom. The van der Waals surface area contributed by atoms with E-state index in [0.29, 0.717) is 18.7 Å². The quantitative estimate of drug-likeness (QED) is 0.578. The predicted molar refractivity (Wildman–Crippen MR) is 130 cm³/mol. The average molecular weight is 462 g/mol. The average Bonchev–Trinajstić information content (AvgIpc) is 3.56. The highest BCUT2D eigenvalue weighted by Gasteiger charge is 2.47. The van der Waals surface area contributed by atoms with Crippen LogP contribution in [-0.4, -0.2) is 42.7 Å². The van der Waals surface area contributed by atoms with Crippen LogP contribution in [0.2, 0.25) is 0 Å². The third-order valence-electron chi connectivity index (χ3n) is 6.84. The minimum absolute atomic E-state index is 0.0246. The molecule has 2 aromatic carbocycles. The Labute approximate surface area is 200 Å². The van der Waals surface area contributed by atoms with E-state index < -0.39 is 0 Å². The van der Waals surface area contributed by atoms with Gasteiger partial charge in [-0.1, -0.05) is 24.8 Å². The standard InChI is InChI=1S/C27H31N3O4/c1-3-15-34-27(32)30-14-13-21-24(17-5-10-20(11-6-17)33-4-2)29-23-12-7-18(16-22(23)25(21)30)26(31)28-19-8-9-19/h3,5-7,10-12,16,19,21,24-25,29H,1,4,8-9,13-15H2,2H3,(H,28,31). The topological polar surface area (TPSA) is 79.9 Å². The lowest BCUT2D eigenvalue weighted by Crippen LogP contribution is -2.38. The van der Waals surface area contributed by atoms with Crippen LogP contribution in [0.1, 0.15) is 59.8 Å². The highest BCUT2D eigenvalue weighted by atomic mass is 16.6. The van der Waals surface area contributed by atoms with Crippen molar-refractivity contribution >= 4 is 17.7 Å². The predicted octanol–water partition coefficient (Wildman–Crippen LogP) is 4.83. The van der Waals surface area contributed by atoms with Crippen molar-refractivity contribution in [2.75, 3.05) is 25.1 Å². The Hall–Kier alpha value is -3.48. The third-order valence-corrected chi connectivity index (χ3v) is 6.84. The summed E-state index contributed by atoms with van der Waals surface area (Å²) < 4.78 is 11.0. The lowest BCUT2D eigenvalue weighted by molar-refractivity contribution is 0.0950. The number of ether oxygens (including phenoxy) is 2. The van der Waals surface area contributed by atoms with Gasteiger partial charge in [0.25, 0.3) is 5.91 Å². The molecule has 1 aliphatic carbocycles. The van der Waals surface area contributed by atoms with Crippen LogP contribution < -0.4 is 15.4 Å². The van der Waals surface area contributed by atoms with Crippen molar-refractivity contribution < 1.29 is 19.1 Å². The Morgan fingerprint density at radius 2 is 1.97 bits per heavy atom. The summed E-state index contributed by atoms with van der Waals surface area (Å²) in [7, 11) is 0. The molecular formula is C27H31N3O4. The molecule has 2 heterocycles. The number of carbonyl (C=O) groups excluding carboxylic acids is 2. The summed E-state index contributed by atoms with van der Waals surface area (Å²) in [4.78, 5) is 27.5. The lowest BCUT2D eigenvalue weighted by atomic mass is 9.79. The van der Waals surface area contributed by atoms with Crippen molar-refractivity contribution in [3.8, 4) is 5.75 Å². The van der Waals surface area contributed by atoms with Crippen molar-refractivity contribution in [3.05, 3.63) is 71.8 Å². The van der Waals surface area contributed by atoms with Crippen LogP contribution in [0.25, 0.3) is 0 Å². The van der Waals surface area contributed by atoms with Gasteiger partial charge in [-0.15, -0.1) is 0 Å². The van der Waals surface area contributed by atoms with E-state index in [1.54, 1.807) is 11.0 Å². The van der Waals surface area contributed by atoms with Crippen LogP contribution in [0, 0.1) is 5.92 Å². The summed E-state index contributed by atoms with van der Waals surface area (Å²) >= 11 is 0. The first-order valence-electron chi connectivity index (χ1n) is 12.1. The van der Waals surface area contributed by atoms with Crippen LogP contribution in [0.15, 0.2) is 55.1 Å². The molecule has 178 valence electrons. The van der Waals surface area contributed by atoms with Gasteiger partial charge in [0.15, 0.2) is 0 Å². The zero-order valence-corrected chi connectivity index (χ0v) is 19.5. The van der Waals surface area contributed by atoms with Gasteiger partial charge in [0.05, 0.1) is 18.7 Å². The molecule has 2 fully saturated rings. The first-order chi connectivity index (χ1) is 16.6. The third kappa shape index (κ3) is 4.34. The van der Waals surface area contributed by atoms with Crippen molar-refractivity contribution in [3.63, 3.8) is 0 Å². The fourth-order valence-electron chi connectivity index (χ4n) is 5.10. The normalized spacial score (nSPS) is 22.7. The van der Waals surface area contributed by atoms with Gasteiger partial charge >= 0.3 is 6.09 Å². The van der Waals surface area contributed by atoms with Crippen molar-refractivity contribution in [1.29, 1.82) is 0 Å². The largest absolute Gasteiger partial charge is 0.494 e. The molecule has 0 spiro atoms. The summed E-state index contributed by atoms with van der Waals surface area (Å²) in [5.74, 6) is 0.920. The molecule has 3 atom stereocenters. The van der Waals surface area contributed by atoms with Gasteiger partial charge in [-0.2, -0.15) is 0 Å². The molecule has 1 saturated heterocycles. The number of hydrogen-bond donors (Lipinski definition) is 2. The number of hydrogen-bond acceptors (Lipinski definition) is 5. The molecule has 2 aliphatic heterocycles. The lowest BCUT2D eigenvalue weighted by Gasteiger charge is -2.40. The molecule has 3 aliphatic rings. The molecule has 7 heteroatoms. The zero-order chi connectivity index (χ0) is 23.7. The van der Waals surface area contributed by atoms with Gasteiger partial charge in [-0.05, 0) is 67.6 Å². The van der Waals surface area contributed by atoms with E-state index >= 15 is 0 Å². The Balaban J connectivity index is 1.49. The van der Waals surface area contributed by atoms with Crippen molar-refractivity contribution in [2.24, 2.45) is 5.92 Å². The molecule has 1 saturated carbocycles. The smallest absolute Gasteiger partial charge is 0.410 e. The number of nitrogens with zero attached hydrogens (tertiary/aromatic N) is 1. The molecule has 2 amide bonds. The minimum atomic E-state index is -0.349. The fraction of sp³-hybridized carbons (Fsp3) is 0.407. The van der Waals surface area contributed by atoms with E-state index in [-0.39, 0.29) is 42.7 Å². The van der Waals surface area contributed by atoms with Gasteiger partial charge in [-0.3, -0.25) is 4.79 Å². The summed E-state index contributed by atoms with van der Waals surface area (Å²) in [6.07, 6.45) is 4.13. The van der Waals surface area contributed by atoms with Gasteiger partial charge in [0, 0.05) is 29.8 Å². The van der Waals surface area contributed by atoms with Crippen LogP contribution in [-0.2, 0) is 4.74 Å². The van der Waals surface area contributed by atoms with E-state index in [2.05, 4.69) is 29.3 Å². The molecule has 34 heavy (non-hydrogen) atoms. The minimum Gasteiger partial charge on any atom is -0.494 e. The van der Waals surface area contributed by atoms with Crippen LogP contribution >= 0.6 is 0 Å². The van der Waals surface area contributed by atoms with Gasteiger partial charge < -0.3 is 25.0 Å². The first kappa shape index (κ1) is 22.3. The van der Waals surface area contributed by atoms with Crippen LogP contribution in [0.5, 0.6) is 5.75 Å². The summed E-state index contributed by atoms with van der Waals surface area (Å²) in [5.41, 5.74) is 3.66. The first-order valence-corrected chi connectivity index (χ1v) is 12.1. The van der Waals surface area contributed by atoms with E-state index in [1.165, 1.54) is 0 Å². The van der Waals surface area contributed by atoms with Crippen LogP contribution in [0.4, 0.5) is 10.5 Å². The SMILES string of the molecule is C=CCOC(=O)N1CCC2C(c3ccc(OCC)cc3)Nc3ccc(C(=O)NC4CC4)cc3C21. The van der Waals surface area contributed by atoms with E-state index in [0.717, 1.165) is 41.8 Å². The maximum Gasteiger partial charge on any atom is 0.410 e. The highest BCUT2D eigenvalue weighted by Crippen LogP contribution is 2.51. The second-order valence-corrected chi connectivity index (χ2v) is 9.13. The second-order valence-electron chi connectivity index (χ2n) is 9.13. The molecule has 7 nitrogen and oxygen atoms in total. The molecule has 0 radical (unpaired) electrons. The Kier molecular flexibility index (Phi) is 6.18. The number of rotatable bonds is 7. The molecule has 2 aromatic rings. The van der Waals surface area contributed by atoms with E-state index in [1.807, 2.05) is 37.3 Å². The Bertz CT molecular complexity index is 1080. The number of amides is 2. The van der Waals surface area contributed by atoms with Gasteiger partial charge in [0.1, 0.15) is 12.4 Å². The molecule has 0 bridgehead atoms. The summed E-state index contributed by atoms with van der Waals surface area (Å²) in [6.45, 7) is 7.00. The van der Waals surface area contributed by atoms with E-state index in [9.17, 15) is 9.59 Å². The van der Waals surface area contributed by atoms with E-state index in [4.69, 9.17) is 9.47 Å². The molecule has 0 aromatic heterocycles. The van der Waals surface area contributed by atoms with Crippen molar-refractivity contribution in [1.82, 2.24) is 10.2 Å². The maximum absolute atomic E-state index is 12.9. The summed E-state index contributed by atoms with van der Waals surface area (Å²) in [5, 5.41) is 6.75. The number of benzene rings is 2. The number of likely N-dealkylation sites (tertiary alicyclic amines) is 1. The van der Waals surface area contributed by atoms with Crippen molar-refractivity contribution in [2.45, 2.75) is 44.3 Å². The molecule has 2 N–H and O–H groups in total. The summed E-state index contributed by atoms with van der Waals surface area (Å²) in [6, 6.07) is 14.0. The molecule has 3 unspecified atom stereocenters. The number of nitrogens with one attached hydrogen (secondary N) is 2. The van der Waals surface area contributed by atoms with Crippen LogP contribution in [0.3, 0.4) is 0 Å². The maximum atomic E-state index is 12.9. The Morgan fingerprint density at radius 1 is 1.18 bits per heavy atom. The highest BCUT2D eigenvalue weighted by molar-refractivity contribution is 5.95. The van der Waals surface area contributed by atoms with Gasteiger partial charge in [0.2, 0.25) is 0 Å². The number of anilines is 1. The van der Waals surface area contributed by atoms with Gasteiger partial charge in [-0.25, -0.2) is 4.79 Å². The second kappa shape index (κ2) is 9.41. The zero-order valence-electron chi connectivity index (χ0n) is 19.5. The number of carbonyl (C=O) groups is 2. The monoisotopic (exact) mass is 461 g/mol. The number of fused-ring (bicyclic) bond motifs is 3. The fourth-order valence-corrected chi connectivity index (χ4v) is 5.10. The molecule has 5 rings (SSSR count).